The van der Waals surface area contributed by atoms with Gasteiger partial charge in [0.25, 0.3) is 0 Å². The van der Waals surface area contributed by atoms with Crippen LogP contribution in [0.2, 0.25) is 0 Å². The van der Waals surface area contributed by atoms with Gasteiger partial charge in [-0.25, -0.2) is 9.97 Å². The van der Waals surface area contributed by atoms with Crippen molar-refractivity contribution in [2.75, 3.05) is 18.9 Å². The third-order valence-corrected chi connectivity index (χ3v) is 4.18. The Morgan fingerprint density at radius 1 is 1.25 bits per heavy atom. The minimum Gasteiger partial charge on any atom is -0.492 e. The number of aromatic nitrogens is 3. The van der Waals surface area contributed by atoms with Crippen molar-refractivity contribution >= 4 is 27.8 Å². The molecular formula is C18H25N5O. The van der Waals surface area contributed by atoms with Crippen molar-refractivity contribution in [2.24, 2.45) is 11.7 Å². The smallest absolute Gasteiger partial charge is 0.152 e. The minimum atomic E-state index is 0.458. The average molecular weight is 327 g/mol. The summed E-state index contributed by atoms with van der Waals surface area (Å²) in [5, 5.41) is 1.05. The molecule has 6 heteroatoms. The molecule has 2 heterocycles. The van der Waals surface area contributed by atoms with E-state index >= 15 is 0 Å². The Morgan fingerprint density at radius 3 is 2.75 bits per heavy atom. The zero-order valence-electron chi connectivity index (χ0n) is 14.5. The molecule has 0 aliphatic rings. The van der Waals surface area contributed by atoms with E-state index in [-0.39, 0.29) is 0 Å². The van der Waals surface area contributed by atoms with E-state index in [9.17, 15) is 0 Å². The summed E-state index contributed by atoms with van der Waals surface area (Å²) in [7, 11) is 0. The van der Waals surface area contributed by atoms with E-state index in [1.807, 2.05) is 25.1 Å². The Kier molecular flexibility index (Phi) is 4.57. The number of ether oxygens (including phenoxy) is 1. The average Bonchev–Trinajstić information content (AvgIpc) is 2.88. The molecule has 0 amide bonds. The maximum atomic E-state index is 6.16. The summed E-state index contributed by atoms with van der Waals surface area (Å²) in [6, 6.07) is 5.89. The molecule has 2 aromatic heterocycles. The molecule has 0 aliphatic carbocycles. The van der Waals surface area contributed by atoms with Gasteiger partial charge >= 0.3 is 0 Å². The van der Waals surface area contributed by atoms with Crippen LogP contribution < -0.4 is 16.2 Å². The number of pyridine rings is 1. The summed E-state index contributed by atoms with van der Waals surface area (Å²) in [5.41, 5.74) is 14.3. The van der Waals surface area contributed by atoms with Crippen molar-refractivity contribution in [1.82, 2.24) is 14.5 Å². The molecule has 0 radical (unpaired) electrons. The second-order valence-electron chi connectivity index (χ2n) is 6.50. The van der Waals surface area contributed by atoms with Gasteiger partial charge in [-0.3, -0.25) is 0 Å². The van der Waals surface area contributed by atoms with Gasteiger partial charge in [-0.2, -0.15) is 0 Å². The predicted octanol–water partition coefficient (Wildman–Crippen LogP) is 2.86. The molecule has 0 saturated carbocycles. The van der Waals surface area contributed by atoms with Crippen LogP contribution >= 0.6 is 0 Å². The van der Waals surface area contributed by atoms with Crippen molar-refractivity contribution in [3.05, 3.63) is 24.0 Å². The van der Waals surface area contributed by atoms with Crippen molar-refractivity contribution < 1.29 is 4.74 Å². The molecule has 1 aromatic carbocycles. The molecule has 0 aliphatic heterocycles. The lowest BCUT2D eigenvalue weighted by molar-refractivity contribution is 0.328. The fraction of sp³-hybridized carbons (Fsp3) is 0.444. The zero-order valence-corrected chi connectivity index (χ0v) is 14.5. The maximum absolute atomic E-state index is 6.16. The number of hydrogen-bond donors (Lipinski definition) is 2. The number of nitrogens with zero attached hydrogens (tertiary/aromatic N) is 3. The molecule has 4 N–H and O–H groups in total. The van der Waals surface area contributed by atoms with Crippen LogP contribution in [-0.4, -0.2) is 27.7 Å². The van der Waals surface area contributed by atoms with E-state index < -0.39 is 0 Å². The summed E-state index contributed by atoms with van der Waals surface area (Å²) < 4.78 is 7.85. The van der Waals surface area contributed by atoms with Crippen LogP contribution in [0.15, 0.2) is 18.2 Å². The van der Waals surface area contributed by atoms with Crippen LogP contribution in [0.25, 0.3) is 21.9 Å². The lowest BCUT2D eigenvalue weighted by atomic mass is 10.1. The zero-order chi connectivity index (χ0) is 17.3. The van der Waals surface area contributed by atoms with Gasteiger partial charge in [-0.15, -0.1) is 0 Å². The highest BCUT2D eigenvalue weighted by molar-refractivity contribution is 6.06. The summed E-state index contributed by atoms with van der Waals surface area (Å²) in [4.78, 5) is 9.15. The predicted molar refractivity (Wildman–Crippen MR) is 98.2 cm³/mol. The highest BCUT2D eigenvalue weighted by atomic mass is 16.5. The first kappa shape index (κ1) is 16.5. The minimum absolute atomic E-state index is 0.458. The summed E-state index contributed by atoms with van der Waals surface area (Å²) in [6.07, 6.45) is 1.09. The molecular weight excluding hydrogens is 302 g/mol. The first-order chi connectivity index (χ1) is 11.5. The van der Waals surface area contributed by atoms with Gasteiger partial charge in [-0.05, 0) is 31.4 Å². The molecule has 0 spiro atoms. The van der Waals surface area contributed by atoms with Crippen LogP contribution in [0.3, 0.4) is 0 Å². The molecule has 0 fully saturated rings. The van der Waals surface area contributed by atoms with Gasteiger partial charge in [0.05, 0.1) is 11.0 Å². The summed E-state index contributed by atoms with van der Waals surface area (Å²) >= 11 is 0. The first-order valence-corrected chi connectivity index (χ1v) is 8.40. The number of rotatable bonds is 6. The molecule has 3 rings (SSSR count). The second-order valence-corrected chi connectivity index (χ2v) is 6.50. The number of nitrogen functional groups attached to an aromatic ring is 1. The fourth-order valence-corrected chi connectivity index (χ4v) is 2.93. The lowest BCUT2D eigenvalue weighted by Gasteiger charge is -2.11. The number of aryl methyl sites for hydroxylation is 2. The quantitative estimate of drug-likeness (QED) is 0.726. The molecule has 6 nitrogen and oxygen atoms in total. The maximum Gasteiger partial charge on any atom is 0.152 e. The highest BCUT2D eigenvalue weighted by Gasteiger charge is 2.16. The van der Waals surface area contributed by atoms with Gasteiger partial charge in [0, 0.05) is 24.5 Å². The highest BCUT2D eigenvalue weighted by Crippen LogP contribution is 2.31. The lowest BCUT2D eigenvalue weighted by Crippen LogP contribution is -2.10. The number of nitrogens with two attached hydrogens (primary N) is 2. The number of hydrogen-bond acceptors (Lipinski definition) is 5. The normalized spacial score (nSPS) is 11.7. The Balaban J connectivity index is 2.16. The second kappa shape index (κ2) is 6.65. The molecule has 0 unspecified atom stereocenters. The molecule has 0 bridgehead atoms. The van der Waals surface area contributed by atoms with E-state index in [1.54, 1.807) is 0 Å². The SMILES string of the molecule is Cc1nc2c(N)nc3cc(OCCN)ccc3c2n1CCC(C)C. The van der Waals surface area contributed by atoms with E-state index in [2.05, 4.69) is 28.4 Å². The van der Waals surface area contributed by atoms with Crippen LogP contribution in [0.5, 0.6) is 5.75 Å². The number of imidazole rings is 1. The molecule has 0 saturated heterocycles. The number of benzene rings is 1. The molecule has 3 aromatic rings. The molecule has 24 heavy (non-hydrogen) atoms. The van der Waals surface area contributed by atoms with Crippen molar-refractivity contribution in [3.8, 4) is 5.75 Å². The summed E-state index contributed by atoms with van der Waals surface area (Å²) in [5.74, 6) is 2.81. The van der Waals surface area contributed by atoms with E-state index in [4.69, 9.17) is 16.2 Å². The largest absolute Gasteiger partial charge is 0.492 e. The van der Waals surface area contributed by atoms with Gasteiger partial charge in [0.2, 0.25) is 0 Å². The molecule has 0 atom stereocenters. The Bertz CT molecular complexity index is 869. The van der Waals surface area contributed by atoms with Crippen LogP contribution in [0.4, 0.5) is 5.82 Å². The van der Waals surface area contributed by atoms with Gasteiger partial charge in [0.15, 0.2) is 5.82 Å². The number of anilines is 1. The van der Waals surface area contributed by atoms with Crippen molar-refractivity contribution in [2.45, 2.75) is 33.7 Å². The van der Waals surface area contributed by atoms with Crippen LogP contribution in [0, 0.1) is 12.8 Å². The third-order valence-electron chi connectivity index (χ3n) is 4.18. The van der Waals surface area contributed by atoms with Crippen molar-refractivity contribution in [1.29, 1.82) is 0 Å². The Morgan fingerprint density at radius 2 is 2.04 bits per heavy atom. The van der Waals surface area contributed by atoms with Gasteiger partial charge in [-0.1, -0.05) is 13.8 Å². The first-order valence-electron chi connectivity index (χ1n) is 8.40. The van der Waals surface area contributed by atoms with E-state index in [1.165, 1.54) is 0 Å². The fourth-order valence-electron chi connectivity index (χ4n) is 2.93. The monoisotopic (exact) mass is 327 g/mol. The van der Waals surface area contributed by atoms with Gasteiger partial charge in [0.1, 0.15) is 23.7 Å². The number of fused-ring (bicyclic) bond motifs is 3. The third kappa shape index (κ3) is 3.01. The van der Waals surface area contributed by atoms with Crippen LogP contribution in [0.1, 0.15) is 26.1 Å². The Labute approximate surface area is 141 Å². The van der Waals surface area contributed by atoms with Gasteiger partial charge < -0.3 is 20.8 Å². The van der Waals surface area contributed by atoms with Crippen LogP contribution in [-0.2, 0) is 6.54 Å². The molecule has 128 valence electrons. The Hall–Kier alpha value is -2.34. The van der Waals surface area contributed by atoms with E-state index in [0.717, 1.165) is 46.5 Å². The summed E-state index contributed by atoms with van der Waals surface area (Å²) in [6.45, 7) is 8.35. The topological polar surface area (TPSA) is 92.0 Å². The standard InChI is InChI=1S/C18H25N5O/c1-11(2)6-8-23-12(3)21-16-17(23)14-5-4-13(24-9-7-19)10-15(14)22-18(16)20/h4-5,10-11H,6-9,19H2,1-3H3,(H2,20,22). The van der Waals surface area contributed by atoms with E-state index in [0.29, 0.717) is 24.9 Å². The van der Waals surface area contributed by atoms with Crippen molar-refractivity contribution in [3.63, 3.8) is 0 Å².